The van der Waals surface area contributed by atoms with Gasteiger partial charge in [-0.25, -0.2) is 0 Å². The van der Waals surface area contributed by atoms with Gasteiger partial charge >= 0.3 is 0 Å². The average Bonchev–Trinajstić information content (AvgIpc) is 2.98. The lowest BCUT2D eigenvalue weighted by Gasteiger charge is -2.10. The van der Waals surface area contributed by atoms with Crippen molar-refractivity contribution < 1.29 is 9.53 Å². The summed E-state index contributed by atoms with van der Waals surface area (Å²) in [5.74, 6) is 2.76. The third-order valence-corrected chi connectivity index (χ3v) is 4.07. The standard InChI is InChI=1S/C14H20N2O2S/c1-18-12-6-4-11(5-7-12)3-2-8-15-14(17)13-9-19-10-16-13/h4-7,13,16H,2-3,8-10H2,1H3,(H,15,17)/t13-/m1/s1. The van der Waals surface area contributed by atoms with Crippen LogP contribution >= 0.6 is 11.8 Å². The lowest BCUT2D eigenvalue weighted by Crippen LogP contribution is -2.42. The number of thioether (sulfide) groups is 1. The van der Waals surface area contributed by atoms with Gasteiger partial charge in [0.15, 0.2) is 0 Å². The molecule has 0 unspecified atom stereocenters. The monoisotopic (exact) mass is 280 g/mol. The van der Waals surface area contributed by atoms with Crippen molar-refractivity contribution in [2.75, 3.05) is 25.3 Å². The fourth-order valence-electron chi connectivity index (χ4n) is 1.98. The van der Waals surface area contributed by atoms with Crippen molar-refractivity contribution in [3.63, 3.8) is 0 Å². The van der Waals surface area contributed by atoms with E-state index in [2.05, 4.69) is 22.8 Å². The molecule has 0 radical (unpaired) electrons. The summed E-state index contributed by atoms with van der Waals surface area (Å²) in [7, 11) is 1.67. The number of rotatable bonds is 6. The zero-order valence-corrected chi connectivity index (χ0v) is 12.0. The lowest BCUT2D eigenvalue weighted by atomic mass is 10.1. The van der Waals surface area contributed by atoms with Crippen LogP contribution in [0.4, 0.5) is 0 Å². The molecule has 0 aromatic heterocycles. The summed E-state index contributed by atoms with van der Waals surface area (Å²) < 4.78 is 5.12. The fraction of sp³-hybridized carbons (Fsp3) is 0.500. The Balaban J connectivity index is 1.64. The topological polar surface area (TPSA) is 50.4 Å². The van der Waals surface area contributed by atoms with Crippen molar-refractivity contribution in [3.05, 3.63) is 29.8 Å². The van der Waals surface area contributed by atoms with Gasteiger partial charge in [-0.3, -0.25) is 10.1 Å². The Morgan fingerprint density at radius 3 is 2.89 bits per heavy atom. The molecule has 1 aliphatic rings. The molecule has 1 fully saturated rings. The molecule has 5 heteroatoms. The molecule has 0 bridgehead atoms. The van der Waals surface area contributed by atoms with Crippen LogP contribution < -0.4 is 15.4 Å². The minimum atomic E-state index is -0.00835. The summed E-state index contributed by atoms with van der Waals surface area (Å²) in [4.78, 5) is 11.7. The van der Waals surface area contributed by atoms with E-state index in [1.165, 1.54) is 5.56 Å². The van der Waals surface area contributed by atoms with Crippen LogP contribution in [0, 0.1) is 0 Å². The Morgan fingerprint density at radius 1 is 1.47 bits per heavy atom. The third kappa shape index (κ3) is 4.44. The first-order chi connectivity index (χ1) is 9.29. The maximum atomic E-state index is 11.7. The molecule has 0 saturated carbocycles. The van der Waals surface area contributed by atoms with Gasteiger partial charge in [0.05, 0.1) is 13.2 Å². The van der Waals surface area contributed by atoms with Crippen molar-refractivity contribution in [3.8, 4) is 5.75 Å². The van der Waals surface area contributed by atoms with Crippen molar-refractivity contribution in [2.24, 2.45) is 0 Å². The second-order valence-corrected chi connectivity index (χ2v) is 5.54. The van der Waals surface area contributed by atoms with E-state index in [0.717, 1.165) is 36.8 Å². The zero-order chi connectivity index (χ0) is 13.5. The minimum Gasteiger partial charge on any atom is -0.497 e. The Labute approximate surface area is 118 Å². The van der Waals surface area contributed by atoms with Gasteiger partial charge in [0.25, 0.3) is 0 Å². The summed E-state index contributed by atoms with van der Waals surface area (Å²) in [6.45, 7) is 0.730. The molecule has 1 aromatic carbocycles. The largest absolute Gasteiger partial charge is 0.497 e. The van der Waals surface area contributed by atoms with E-state index < -0.39 is 0 Å². The Kier molecular flexibility index (Phi) is 5.54. The van der Waals surface area contributed by atoms with E-state index in [4.69, 9.17) is 4.74 Å². The minimum absolute atomic E-state index is 0.00835. The van der Waals surface area contributed by atoms with Gasteiger partial charge in [-0.05, 0) is 30.5 Å². The van der Waals surface area contributed by atoms with Crippen molar-refractivity contribution >= 4 is 17.7 Å². The predicted molar refractivity (Wildman–Crippen MR) is 78.6 cm³/mol. The second-order valence-electron chi connectivity index (χ2n) is 4.51. The number of carbonyl (C=O) groups excluding carboxylic acids is 1. The Hall–Kier alpha value is -1.20. The molecule has 1 amide bonds. The van der Waals surface area contributed by atoms with E-state index >= 15 is 0 Å². The predicted octanol–water partition coefficient (Wildman–Crippen LogP) is 1.41. The highest BCUT2D eigenvalue weighted by molar-refractivity contribution is 7.99. The molecule has 1 atom stereocenters. The van der Waals surface area contributed by atoms with Crippen LogP contribution in [0.25, 0.3) is 0 Å². The van der Waals surface area contributed by atoms with Crippen LogP contribution in [0.5, 0.6) is 5.75 Å². The number of ether oxygens (including phenoxy) is 1. The van der Waals surface area contributed by atoms with Crippen LogP contribution in [0.15, 0.2) is 24.3 Å². The highest BCUT2D eigenvalue weighted by atomic mass is 32.2. The van der Waals surface area contributed by atoms with E-state index in [1.807, 2.05) is 12.1 Å². The summed E-state index contributed by atoms with van der Waals surface area (Å²) >= 11 is 1.77. The van der Waals surface area contributed by atoms with Gasteiger partial charge in [0.1, 0.15) is 5.75 Å². The summed E-state index contributed by atoms with van der Waals surface area (Å²) in [5.41, 5.74) is 1.27. The van der Waals surface area contributed by atoms with Gasteiger partial charge in [0.2, 0.25) is 5.91 Å². The number of hydrogen-bond acceptors (Lipinski definition) is 4. The normalized spacial score (nSPS) is 18.3. The maximum Gasteiger partial charge on any atom is 0.238 e. The van der Waals surface area contributed by atoms with Gasteiger partial charge in [-0.2, -0.15) is 0 Å². The number of carbonyl (C=O) groups is 1. The number of benzene rings is 1. The van der Waals surface area contributed by atoms with E-state index in [-0.39, 0.29) is 11.9 Å². The first kappa shape index (κ1) is 14.2. The number of nitrogens with one attached hydrogen (secondary N) is 2. The summed E-state index contributed by atoms with van der Waals surface area (Å²) in [6, 6.07) is 8.05. The highest BCUT2D eigenvalue weighted by Crippen LogP contribution is 2.12. The molecule has 1 aliphatic heterocycles. The quantitative estimate of drug-likeness (QED) is 0.774. The molecular formula is C14H20N2O2S. The molecule has 0 spiro atoms. The molecule has 1 aromatic rings. The van der Waals surface area contributed by atoms with Crippen molar-refractivity contribution in [1.29, 1.82) is 0 Å². The van der Waals surface area contributed by atoms with Gasteiger partial charge in [-0.1, -0.05) is 12.1 Å². The van der Waals surface area contributed by atoms with E-state index in [9.17, 15) is 4.79 Å². The first-order valence-corrected chi connectivity index (χ1v) is 7.67. The molecule has 0 aliphatic carbocycles. The van der Waals surface area contributed by atoms with Gasteiger partial charge in [-0.15, -0.1) is 11.8 Å². The molecular weight excluding hydrogens is 260 g/mol. The van der Waals surface area contributed by atoms with Crippen LogP contribution in [0.2, 0.25) is 0 Å². The van der Waals surface area contributed by atoms with E-state index in [1.54, 1.807) is 18.9 Å². The van der Waals surface area contributed by atoms with Crippen LogP contribution in [-0.4, -0.2) is 37.2 Å². The van der Waals surface area contributed by atoms with Crippen LogP contribution in [0.1, 0.15) is 12.0 Å². The zero-order valence-electron chi connectivity index (χ0n) is 11.1. The van der Waals surface area contributed by atoms with Gasteiger partial charge < -0.3 is 10.1 Å². The average molecular weight is 280 g/mol. The summed E-state index contributed by atoms with van der Waals surface area (Å²) in [6.07, 6.45) is 1.93. The molecule has 1 saturated heterocycles. The SMILES string of the molecule is COc1ccc(CCCNC(=O)[C@H]2CSCN2)cc1. The van der Waals surface area contributed by atoms with Crippen LogP contribution in [0.3, 0.4) is 0 Å². The molecule has 19 heavy (non-hydrogen) atoms. The van der Waals surface area contributed by atoms with E-state index in [0.29, 0.717) is 0 Å². The number of hydrogen-bond donors (Lipinski definition) is 2. The van der Waals surface area contributed by atoms with Crippen molar-refractivity contribution in [1.82, 2.24) is 10.6 Å². The maximum absolute atomic E-state index is 11.7. The van der Waals surface area contributed by atoms with Crippen LogP contribution in [-0.2, 0) is 11.2 Å². The Morgan fingerprint density at radius 2 is 2.26 bits per heavy atom. The number of methoxy groups -OCH3 is 1. The lowest BCUT2D eigenvalue weighted by molar-refractivity contribution is -0.122. The van der Waals surface area contributed by atoms with Crippen molar-refractivity contribution in [2.45, 2.75) is 18.9 Å². The first-order valence-electron chi connectivity index (χ1n) is 6.51. The highest BCUT2D eigenvalue weighted by Gasteiger charge is 2.21. The third-order valence-electron chi connectivity index (χ3n) is 3.13. The molecule has 1 heterocycles. The van der Waals surface area contributed by atoms with Gasteiger partial charge in [0, 0.05) is 18.2 Å². The molecule has 104 valence electrons. The summed E-state index contributed by atoms with van der Waals surface area (Å²) in [5, 5.41) is 6.14. The fourth-order valence-corrected chi connectivity index (χ4v) is 2.92. The Bertz CT molecular complexity index is 402. The molecule has 2 N–H and O–H groups in total. The molecule has 2 rings (SSSR count). The number of amides is 1. The molecule has 4 nitrogen and oxygen atoms in total. The number of aryl methyl sites for hydroxylation is 1. The smallest absolute Gasteiger partial charge is 0.238 e. The second kappa shape index (κ2) is 7.40.